The second-order valence-electron chi connectivity index (χ2n) is 8.77. The molecule has 8 nitrogen and oxygen atoms in total. The van der Waals surface area contributed by atoms with Crippen LogP contribution >= 0.6 is 0 Å². The van der Waals surface area contributed by atoms with Gasteiger partial charge in [-0.2, -0.15) is 4.98 Å². The van der Waals surface area contributed by atoms with Gasteiger partial charge in [-0.1, -0.05) is 37.3 Å². The van der Waals surface area contributed by atoms with Gasteiger partial charge < -0.3 is 19.6 Å². The number of aromatic nitrogens is 2. The van der Waals surface area contributed by atoms with Gasteiger partial charge in [-0.15, -0.1) is 0 Å². The van der Waals surface area contributed by atoms with Crippen LogP contribution < -0.4 is 5.32 Å². The molecule has 2 heterocycles. The summed E-state index contributed by atoms with van der Waals surface area (Å²) in [6.45, 7) is 3.43. The normalized spacial score (nSPS) is 24.5. The average molecular weight is 404 g/mol. The molecule has 3 aliphatic rings. The van der Waals surface area contributed by atoms with Crippen molar-refractivity contribution in [2.24, 2.45) is 5.92 Å². The molecule has 29 heavy (non-hydrogen) atoms. The van der Waals surface area contributed by atoms with E-state index in [9.17, 15) is 9.59 Å². The minimum Gasteiger partial charge on any atom is -0.337 e. The molecule has 160 valence electrons. The molecule has 2 aliphatic carbocycles. The summed E-state index contributed by atoms with van der Waals surface area (Å²) < 4.78 is 5.45. The Bertz CT molecular complexity index is 709. The number of amides is 3. The molecule has 2 saturated carbocycles. The number of rotatable bonds is 3. The second-order valence-corrected chi connectivity index (χ2v) is 8.77. The third-order valence-electron chi connectivity index (χ3n) is 6.70. The van der Waals surface area contributed by atoms with Crippen molar-refractivity contribution in [1.82, 2.24) is 25.3 Å². The fraction of sp³-hybridized carbons (Fsp3) is 0.810. The van der Waals surface area contributed by atoms with Gasteiger partial charge in [0.25, 0.3) is 0 Å². The predicted octanol–water partition coefficient (Wildman–Crippen LogP) is 3.19. The Morgan fingerprint density at radius 3 is 2.38 bits per heavy atom. The summed E-state index contributed by atoms with van der Waals surface area (Å²) >= 11 is 0. The highest BCUT2D eigenvalue weighted by atomic mass is 16.5. The molecule has 3 fully saturated rings. The minimum atomic E-state index is -0.253. The lowest BCUT2D eigenvalue weighted by atomic mass is 9.96. The van der Waals surface area contributed by atoms with Crippen molar-refractivity contribution in [3.8, 4) is 0 Å². The SMILES string of the molecule is Cc1noc(C2CCN(C(=O)NC3CCCCC3)CCN2C(=O)C2CCCC2)n1. The number of carbonyl (C=O) groups excluding carboxylic acids is 2. The van der Waals surface area contributed by atoms with Crippen molar-refractivity contribution >= 4 is 11.9 Å². The molecule has 1 atom stereocenters. The fourth-order valence-corrected chi connectivity index (χ4v) is 5.02. The van der Waals surface area contributed by atoms with Crippen molar-refractivity contribution in [1.29, 1.82) is 0 Å². The van der Waals surface area contributed by atoms with Crippen molar-refractivity contribution < 1.29 is 14.1 Å². The molecule has 1 saturated heterocycles. The average Bonchev–Trinajstić information content (AvgIpc) is 3.36. The summed E-state index contributed by atoms with van der Waals surface area (Å²) in [4.78, 5) is 34.3. The zero-order chi connectivity index (χ0) is 20.2. The van der Waals surface area contributed by atoms with Gasteiger partial charge in [0.1, 0.15) is 6.04 Å². The van der Waals surface area contributed by atoms with Gasteiger partial charge in [-0.05, 0) is 39.0 Å². The van der Waals surface area contributed by atoms with Crippen LogP contribution in [0, 0.1) is 12.8 Å². The van der Waals surface area contributed by atoms with Gasteiger partial charge in [0.15, 0.2) is 5.82 Å². The molecule has 1 aliphatic heterocycles. The molecule has 0 radical (unpaired) electrons. The van der Waals surface area contributed by atoms with E-state index in [-0.39, 0.29) is 29.9 Å². The molecule has 0 aromatic carbocycles. The summed E-state index contributed by atoms with van der Waals surface area (Å²) in [7, 11) is 0. The predicted molar refractivity (Wildman–Crippen MR) is 107 cm³/mol. The zero-order valence-corrected chi connectivity index (χ0v) is 17.4. The quantitative estimate of drug-likeness (QED) is 0.837. The van der Waals surface area contributed by atoms with Crippen LogP contribution in [-0.4, -0.2) is 57.6 Å². The summed E-state index contributed by atoms with van der Waals surface area (Å²) in [5.41, 5.74) is 0. The number of urea groups is 1. The van der Waals surface area contributed by atoms with E-state index in [1.54, 1.807) is 6.92 Å². The molecule has 3 amide bonds. The van der Waals surface area contributed by atoms with Crippen LogP contribution in [0.25, 0.3) is 0 Å². The van der Waals surface area contributed by atoms with E-state index in [0.29, 0.717) is 37.8 Å². The van der Waals surface area contributed by atoms with Crippen LogP contribution in [0.5, 0.6) is 0 Å². The number of nitrogens with zero attached hydrogens (tertiary/aromatic N) is 4. The first-order valence-corrected chi connectivity index (χ1v) is 11.3. The Morgan fingerprint density at radius 2 is 1.69 bits per heavy atom. The van der Waals surface area contributed by atoms with Gasteiger partial charge in [0.2, 0.25) is 11.8 Å². The zero-order valence-electron chi connectivity index (χ0n) is 17.4. The number of nitrogens with one attached hydrogen (secondary N) is 1. The Balaban J connectivity index is 1.46. The van der Waals surface area contributed by atoms with Gasteiger partial charge in [0.05, 0.1) is 0 Å². The second kappa shape index (κ2) is 9.13. The smallest absolute Gasteiger partial charge is 0.317 e. The number of hydrogen-bond donors (Lipinski definition) is 1. The first kappa shape index (κ1) is 20.2. The number of hydrogen-bond acceptors (Lipinski definition) is 5. The molecule has 1 aromatic rings. The number of carbonyl (C=O) groups is 2. The fourth-order valence-electron chi connectivity index (χ4n) is 5.02. The third-order valence-corrected chi connectivity index (χ3v) is 6.70. The monoisotopic (exact) mass is 403 g/mol. The van der Waals surface area contributed by atoms with Gasteiger partial charge >= 0.3 is 6.03 Å². The van der Waals surface area contributed by atoms with Crippen LogP contribution in [0.4, 0.5) is 4.79 Å². The lowest BCUT2D eigenvalue weighted by molar-refractivity contribution is -0.138. The molecule has 1 N–H and O–H groups in total. The van der Waals surface area contributed by atoms with E-state index < -0.39 is 0 Å². The first-order valence-electron chi connectivity index (χ1n) is 11.3. The van der Waals surface area contributed by atoms with Crippen molar-refractivity contribution in [2.45, 2.75) is 83.2 Å². The van der Waals surface area contributed by atoms with E-state index in [1.807, 2.05) is 9.80 Å². The lowest BCUT2D eigenvalue weighted by Crippen LogP contribution is -2.47. The largest absolute Gasteiger partial charge is 0.337 e. The van der Waals surface area contributed by atoms with Crippen LogP contribution in [0.1, 0.15) is 82.0 Å². The Kier molecular flexibility index (Phi) is 6.35. The molecule has 8 heteroatoms. The topological polar surface area (TPSA) is 91.6 Å². The van der Waals surface area contributed by atoms with Crippen LogP contribution in [0.3, 0.4) is 0 Å². The molecule has 0 spiro atoms. The van der Waals surface area contributed by atoms with E-state index in [1.165, 1.54) is 19.3 Å². The highest BCUT2D eigenvalue weighted by molar-refractivity contribution is 5.80. The van der Waals surface area contributed by atoms with Gasteiger partial charge in [-0.25, -0.2) is 4.79 Å². The number of aryl methyl sites for hydroxylation is 1. The molecule has 4 rings (SSSR count). The van der Waals surface area contributed by atoms with E-state index in [0.717, 1.165) is 38.5 Å². The minimum absolute atomic E-state index is 0.00692. The van der Waals surface area contributed by atoms with Crippen molar-refractivity contribution in [3.63, 3.8) is 0 Å². The molecule has 0 bridgehead atoms. The van der Waals surface area contributed by atoms with Gasteiger partial charge in [-0.3, -0.25) is 4.79 Å². The van der Waals surface area contributed by atoms with Crippen LogP contribution in [-0.2, 0) is 4.79 Å². The Hall–Kier alpha value is -2.12. The summed E-state index contributed by atoms with van der Waals surface area (Å²) in [5.74, 6) is 1.33. The maximum Gasteiger partial charge on any atom is 0.317 e. The Morgan fingerprint density at radius 1 is 0.966 bits per heavy atom. The van der Waals surface area contributed by atoms with E-state index in [4.69, 9.17) is 4.52 Å². The summed E-state index contributed by atoms with van der Waals surface area (Å²) in [5, 5.41) is 7.13. The highest BCUT2D eigenvalue weighted by Gasteiger charge is 2.37. The van der Waals surface area contributed by atoms with Crippen LogP contribution in [0.15, 0.2) is 4.52 Å². The van der Waals surface area contributed by atoms with Crippen LogP contribution in [0.2, 0.25) is 0 Å². The first-order chi connectivity index (χ1) is 14.1. The summed E-state index contributed by atoms with van der Waals surface area (Å²) in [6, 6.07) is 0.0226. The molecular weight excluding hydrogens is 370 g/mol. The molecular formula is C21H33N5O3. The highest BCUT2D eigenvalue weighted by Crippen LogP contribution is 2.32. The molecule has 1 aromatic heterocycles. The Labute approximate surface area is 172 Å². The lowest BCUT2D eigenvalue weighted by Gasteiger charge is -2.29. The maximum absolute atomic E-state index is 13.3. The standard InChI is InChI=1S/C21H33N5O3/c1-15-22-19(29-24-15)18-11-12-25(21(28)23-17-9-3-2-4-10-17)13-14-26(18)20(27)16-7-5-6-8-16/h16-18H,2-14H2,1H3,(H,23,28). The molecule has 1 unspecified atom stereocenters. The van der Waals surface area contributed by atoms with Crippen molar-refractivity contribution in [3.05, 3.63) is 11.7 Å². The van der Waals surface area contributed by atoms with Crippen molar-refractivity contribution in [2.75, 3.05) is 19.6 Å². The van der Waals surface area contributed by atoms with E-state index >= 15 is 0 Å². The third kappa shape index (κ3) is 4.73. The maximum atomic E-state index is 13.3. The summed E-state index contributed by atoms with van der Waals surface area (Å²) in [6.07, 6.45) is 10.5. The van der Waals surface area contributed by atoms with E-state index in [2.05, 4.69) is 15.5 Å². The van der Waals surface area contributed by atoms with Gasteiger partial charge in [0, 0.05) is 31.6 Å².